The lowest BCUT2D eigenvalue weighted by Gasteiger charge is -2.41. The molecule has 1 saturated carbocycles. The monoisotopic (exact) mass is 351 g/mol. The molecule has 2 atom stereocenters. The van der Waals surface area contributed by atoms with Crippen LogP contribution in [0.15, 0.2) is 22.7 Å². The summed E-state index contributed by atoms with van der Waals surface area (Å²) in [7, 11) is 2.10. The van der Waals surface area contributed by atoms with Gasteiger partial charge < -0.3 is 10.1 Å². The molecule has 3 rings (SSSR count). The number of ether oxygens (including phenoxy) is 1. The van der Waals surface area contributed by atoms with Crippen molar-refractivity contribution >= 4 is 15.9 Å². The number of hydrogen-bond donors (Lipinski definition) is 1. The zero-order valence-electron chi connectivity index (χ0n) is 13.1. The van der Waals surface area contributed by atoms with Gasteiger partial charge in [0.1, 0.15) is 0 Å². The molecule has 0 radical (unpaired) electrons. The number of nitrogens with one attached hydrogen (secondary N) is 1. The maximum Gasteiger partial charge on any atom is 0.0686 e. The molecule has 116 valence electrons. The van der Waals surface area contributed by atoms with Crippen LogP contribution in [-0.2, 0) is 4.74 Å². The largest absolute Gasteiger partial charge is 0.375 e. The van der Waals surface area contributed by atoms with Gasteiger partial charge >= 0.3 is 0 Å². The van der Waals surface area contributed by atoms with E-state index in [9.17, 15) is 0 Å². The van der Waals surface area contributed by atoms with Crippen LogP contribution in [0.1, 0.15) is 55.7 Å². The van der Waals surface area contributed by atoms with E-state index < -0.39 is 0 Å². The summed E-state index contributed by atoms with van der Waals surface area (Å²) in [6.07, 6.45) is 7.58. The molecule has 2 aliphatic rings. The normalized spacial score (nSPS) is 26.1. The highest BCUT2D eigenvalue weighted by molar-refractivity contribution is 9.10. The van der Waals surface area contributed by atoms with Crippen LogP contribution in [0.2, 0.25) is 0 Å². The Bertz CT molecular complexity index is 496. The highest BCUT2D eigenvalue weighted by Gasteiger charge is 2.42. The second kappa shape index (κ2) is 6.39. The lowest BCUT2D eigenvalue weighted by molar-refractivity contribution is -0.0979. The molecular formula is C18H26BrNO. The van der Waals surface area contributed by atoms with Crippen LogP contribution in [0.4, 0.5) is 0 Å². The van der Waals surface area contributed by atoms with Crippen LogP contribution in [-0.4, -0.2) is 19.3 Å². The summed E-state index contributed by atoms with van der Waals surface area (Å²) in [6.45, 7) is 3.14. The second-order valence-corrected chi connectivity index (χ2v) is 7.57. The minimum Gasteiger partial charge on any atom is -0.375 e. The average Bonchev–Trinajstić information content (AvgIpc) is 2.92. The lowest BCUT2D eigenvalue weighted by Crippen LogP contribution is -2.41. The third kappa shape index (κ3) is 3.06. The average molecular weight is 352 g/mol. The van der Waals surface area contributed by atoms with Crippen molar-refractivity contribution in [1.82, 2.24) is 5.32 Å². The zero-order chi connectivity index (χ0) is 14.9. The Kier molecular flexibility index (Phi) is 4.72. The molecule has 1 aromatic carbocycles. The topological polar surface area (TPSA) is 21.3 Å². The summed E-state index contributed by atoms with van der Waals surface area (Å²) in [6, 6.07) is 7.00. The third-order valence-corrected chi connectivity index (χ3v) is 6.33. The van der Waals surface area contributed by atoms with Crippen LogP contribution in [0, 0.1) is 12.8 Å². The fourth-order valence-corrected chi connectivity index (χ4v) is 4.71. The van der Waals surface area contributed by atoms with E-state index in [-0.39, 0.29) is 5.60 Å². The molecule has 1 heterocycles. The van der Waals surface area contributed by atoms with Crippen LogP contribution in [0.3, 0.4) is 0 Å². The van der Waals surface area contributed by atoms with E-state index in [0.717, 1.165) is 6.61 Å². The van der Waals surface area contributed by atoms with E-state index in [1.54, 1.807) is 0 Å². The number of benzene rings is 1. The zero-order valence-corrected chi connectivity index (χ0v) is 14.7. The maximum absolute atomic E-state index is 6.20. The summed E-state index contributed by atoms with van der Waals surface area (Å²) in [5, 5.41) is 3.59. The number of rotatable bonds is 3. The molecular weight excluding hydrogens is 326 g/mol. The standard InChI is InChI=1S/C18H26BrNO/c1-13-15(6-5-7-16(13)19)17(20-2)14-8-11-21-18(12-14)9-3-4-10-18/h5-7,14,17,20H,3-4,8-12H2,1-2H3. The van der Waals surface area contributed by atoms with E-state index in [4.69, 9.17) is 4.74 Å². The van der Waals surface area contributed by atoms with Crippen LogP contribution < -0.4 is 5.32 Å². The molecule has 1 aliphatic heterocycles. The van der Waals surface area contributed by atoms with Gasteiger partial charge in [-0.1, -0.05) is 40.9 Å². The van der Waals surface area contributed by atoms with Gasteiger partial charge in [-0.05, 0) is 62.8 Å². The highest BCUT2D eigenvalue weighted by atomic mass is 79.9. The molecule has 1 aromatic rings. The minimum absolute atomic E-state index is 0.192. The van der Waals surface area contributed by atoms with E-state index in [0.29, 0.717) is 12.0 Å². The van der Waals surface area contributed by atoms with E-state index in [2.05, 4.69) is 53.4 Å². The van der Waals surface area contributed by atoms with Gasteiger partial charge in [0.15, 0.2) is 0 Å². The van der Waals surface area contributed by atoms with Crippen LogP contribution in [0.5, 0.6) is 0 Å². The molecule has 2 fully saturated rings. The van der Waals surface area contributed by atoms with Crippen molar-refractivity contribution < 1.29 is 4.74 Å². The van der Waals surface area contributed by atoms with Gasteiger partial charge in [-0.25, -0.2) is 0 Å². The molecule has 0 aromatic heterocycles. The molecule has 1 aliphatic carbocycles. The molecule has 0 amide bonds. The predicted octanol–water partition coefficient (Wildman–Crippen LogP) is 4.76. The fraction of sp³-hybridized carbons (Fsp3) is 0.667. The Balaban J connectivity index is 1.84. The van der Waals surface area contributed by atoms with Crippen molar-refractivity contribution in [2.24, 2.45) is 5.92 Å². The first-order valence-corrected chi connectivity index (χ1v) is 9.01. The number of halogens is 1. The Hall–Kier alpha value is -0.380. The summed E-state index contributed by atoms with van der Waals surface area (Å²) in [5.41, 5.74) is 2.99. The third-order valence-electron chi connectivity index (χ3n) is 5.47. The van der Waals surface area contributed by atoms with Crippen molar-refractivity contribution in [1.29, 1.82) is 0 Å². The molecule has 2 unspecified atom stereocenters. The summed E-state index contributed by atoms with van der Waals surface area (Å²) in [5.74, 6) is 0.676. The highest BCUT2D eigenvalue weighted by Crippen LogP contribution is 2.45. The summed E-state index contributed by atoms with van der Waals surface area (Å²) < 4.78 is 7.42. The predicted molar refractivity (Wildman–Crippen MR) is 90.6 cm³/mol. The summed E-state index contributed by atoms with van der Waals surface area (Å²) in [4.78, 5) is 0. The van der Waals surface area contributed by atoms with E-state index in [1.807, 2.05) is 0 Å². The molecule has 3 heteroatoms. The van der Waals surface area contributed by atoms with Crippen LogP contribution in [0.25, 0.3) is 0 Å². The maximum atomic E-state index is 6.20. The van der Waals surface area contributed by atoms with Crippen LogP contribution >= 0.6 is 15.9 Å². The van der Waals surface area contributed by atoms with Gasteiger partial charge in [-0.2, -0.15) is 0 Å². The van der Waals surface area contributed by atoms with Crippen molar-refractivity contribution in [3.8, 4) is 0 Å². The van der Waals surface area contributed by atoms with Gasteiger partial charge in [-0.3, -0.25) is 0 Å². The van der Waals surface area contributed by atoms with E-state index >= 15 is 0 Å². The van der Waals surface area contributed by atoms with Crippen molar-refractivity contribution in [3.63, 3.8) is 0 Å². The minimum atomic E-state index is 0.192. The smallest absolute Gasteiger partial charge is 0.0686 e. The van der Waals surface area contributed by atoms with Gasteiger partial charge in [0, 0.05) is 17.1 Å². The first kappa shape index (κ1) is 15.5. The Labute approximate surface area is 136 Å². The fourth-order valence-electron chi connectivity index (χ4n) is 4.32. The molecule has 21 heavy (non-hydrogen) atoms. The molecule has 0 bridgehead atoms. The quantitative estimate of drug-likeness (QED) is 0.847. The molecule has 1 saturated heterocycles. The first-order chi connectivity index (χ1) is 10.2. The first-order valence-electron chi connectivity index (χ1n) is 8.21. The van der Waals surface area contributed by atoms with Gasteiger partial charge in [0.25, 0.3) is 0 Å². The SMILES string of the molecule is CNC(c1cccc(Br)c1C)C1CCOC2(CCCC2)C1. The summed E-state index contributed by atoms with van der Waals surface area (Å²) >= 11 is 3.67. The van der Waals surface area contributed by atoms with E-state index in [1.165, 1.54) is 54.1 Å². The number of hydrogen-bond acceptors (Lipinski definition) is 2. The molecule has 1 N–H and O–H groups in total. The van der Waals surface area contributed by atoms with Gasteiger partial charge in [0.2, 0.25) is 0 Å². The van der Waals surface area contributed by atoms with Crippen molar-refractivity contribution in [2.75, 3.05) is 13.7 Å². The Morgan fingerprint density at radius 3 is 2.81 bits per heavy atom. The van der Waals surface area contributed by atoms with Gasteiger partial charge in [0.05, 0.1) is 5.60 Å². The molecule has 1 spiro atoms. The van der Waals surface area contributed by atoms with Crippen molar-refractivity contribution in [3.05, 3.63) is 33.8 Å². The lowest BCUT2D eigenvalue weighted by atomic mass is 9.78. The second-order valence-electron chi connectivity index (χ2n) is 6.71. The van der Waals surface area contributed by atoms with Crippen molar-refractivity contribution in [2.45, 2.75) is 57.1 Å². The Morgan fingerprint density at radius 1 is 1.33 bits per heavy atom. The molecule has 2 nitrogen and oxygen atoms in total. The van der Waals surface area contributed by atoms with Gasteiger partial charge in [-0.15, -0.1) is 0 Å². The Morgan fingerprint density at radius 2 is 2.10 bits per heavy atom.